The van der Waals surface area contributed by atoms with Crippen LogP contribution in [-0.4, -0.2) is 28.5 Å². The van der Waals surface area contributed by atoms with Crippen LogP contribution in [0.5, 0.6) is 0 Å². The van der Waals surface area contributed by atoms with E-state index in [4.69, 9.17) is 4.74 Å². The highest BCUT2D eigenvalue weighted by Gasteiger charge is 2.00. The number of aromatic nitrogens is 3. The highest BCUT2D eigenvalue weighted by Crippen LogP contribution is 2.16. The van der Waals surface area contributed by atoms with E-state index < -0.39 is 0 Å². The zero-order valence-electron chi connectivity index (χ0n) is 8.63. The van der Waals surface area contributed by atoms with Crippen molar-refractivity contribution < 1.29 is 4.74 Å². The van der Waals surface area contributed by atoms with Gasteiger partial charge in [-0.1, -0.05) is 0 Å². The molecule has 78 valence electrons. The first-order valence-corrected chi connectivity index (χ1v) is 4.82. The first kappa shape index (κ1) is 9.86. The molecule has 0 amide bonds. The highest BCUT2D eigenvalue weighted by molar-refractivity contribution is 5.60. The van der Waals surface area contributed by atoms with Crippen LogP contribution in [0, 0.1) is 0 Å². The van der Waals surface area contributed by atoms with E-state index in [2.05, 4.69) is 10.1 Å². The summed E-state index contributed by atoms with van der Waals surface area (Å²) in [4.78, 5) is 3.98. The Hall–Kier alpha value is -1.68. The van der Waals surface area contributed by atoms with Crippen LogP contribution in [0.4, 0.5) is 0 Å². The van der Waals surface area contributed by atoms with Gasteiger partial charge in [0, 0.05) is 31.3 Å². The number of methoxy groups -OCH3 is 1. The van der Waals surface area contributed by atoms with Crippen LogP contribution in [-0.2, 0) is 11.3 Å². The Morgan fingerprint density at radius 1 is 1.27 bits per heavy atom. The predicted molar refractivity (Wildman–Crippen MR) is 57.3 cm³/mol. The van der Waals surface area contributed by atoms with Gasteiger partial charge in [0.25, 0.3) is 0 Å². The first-order chi connectivity index (χ1) is 7.40. The summed E-state index contributed by atoms with van der Waals surface area (Å²) in [5, 5.41) is 4.25. The summed E-state index contributed by atoms with van der Waals surface area (Å²) in [5.74, 6) is 0. The minimum Gasteiger partial charge on any atom is -0.383 e. The van der Waals surface area contributed by atoms with E-state index in [1.165, 1.54) is 0 Å². The maximum atomic E-state index is 4.99. The Kier molecular flexibility index (Phi) is 3.09. The second-order valence-corrected chi connectivity index (χ2v) is 3.22. The molecular weight excluding hydrogens is 190 g/mol. The molecule has 4 heteroatoms. The van der Waals surface area contributed by atoms with Gasteiger partial charge in [0.05, 0.1) is 19.3 Å². The molecular formula is C11H13N3O. The summed E-state index contributed by atoms with van der Waals surface area (Å²) in [6.07, 6.45) is 7.42. The van der Waals surface area contributed by atoms with Crippen molar-refractivity contribution in [1.82, 2.24) is 14.8 Å². The number of pyridine rings is 1. The van der Waals surface area contributed by atoms with Crippen molar-refractivity contribution in [2.24, 2.45) is 0 Å². The second-order valence-electron chi connectivity index (χ2n) is 3.22. The third kappa shape index (κ3) is 2.41. The normalized spacial score (nSPS) is 10.5. The molecule has 0 unspecified atom stereocenters. The molecule has 0 atom stereocenters. The third-order valence-electron chi connectivity index (χ3n) is 2.17. The molecule has 0 saturated carbocycles. The fourth-order valence-corrected chi connectivity index (χ4v) is 1.36. The van der Waals surface area contributed by atoms with E-state index in [1.807, 2.05) is 29.2 Å². The van der Waals surface area contributed by atoms with Gasteiger partial charge in [-0.2, -0.15) is 5.10 Å². The molecule has 2 aromatic rings. The molecule has 2 heterocycles. The van der Waals surface area contributed by atoms with Crippen LogP contribution >= 0.6 is 0 Å². The van der Waals surface area contributed by atoms with Gasteiger partial charge in [0.2, 0.25) is 0 Å². The van der Waals surface area contributed by atoms with E-state index in [0.717, 1.165) is 17.7 Å². The fraction of sp³-hybridized carbons (Fsp3) is 0.273. The van der Waals surface area contributed by atoms with E-state index >= 15 is 0 Å². The van der Waals surface area contributed by atoms with Crippen LogP contribution in [0.15, 0.2) is 36.9 Å². The molecule has 2 aromatic heterocycles. The molecule has 0 radical (unpaired) electrons. The molecule has 0 N–H and O–H groups in total. The Bertz CT molecular complexity index is 411. The van der Waals surface area contributed by atoms with Crippen molar-refractivity contribution in [3.05, 3.63) is 36.9 Å². The van der Waals surface area contributed by atoms with Gasteiger partial charge in [-0.15, -0.1) is 0 Å². The largest absolute Gasteiger partial charge is 0.383 e. The van der Waals surface area contributed by atoms with Crippen molar-refractivity contribution in [2.75, 3.05) is 13.7 Å². The summed E-state index contributed by atoms with van der Waals surface area (Å²) in [7, 11) is 1.69. The maximum Gasteiger partial charge on any atom is 0.0658 e. The van der Waals surface area contributed by atoms with Crippen LogP contribution in [0.25, 0.3) is 11.1 Å². The molecule has 2 rings (SSSR count). The van der Waals surface area contributed by atoms with Crippen LogP contribution in [0.2, 0.25) is 0 Å². The lowest BCUT2D eigenvalue weighted by atomic mass is 10.1. The number of hydrogen-bond donors (Lipinski definition) is 0. The fourth-order valence-electron chi connectivity index (χ4n) is 1.36. The third-order valence-corrected chi connectivity index (χ3v) is 2.17. The average molecular weight is 203 g/mol. The van der Waals surface area contributed by atoms with E-state index in [9.17, 15) is 0 Å². The molecule has 0 aliphatic carbocycles. The summed E-state index contributed by atoms with van der Waals surface area (Å²) in [6, 6.07) is 3.94. The monoisotopic (exact) mass is 203 g/mol. The minimum atomic E-state index is 0.678. The summed E-state index contributed by atoms with van der Waals surface area (Å²) < 4.78 is 6.86. The SMILES string of the molecule is COCCn1cc(-c2ccncc2)cn1. The number of ether oxygens (including phenoxy) is 1. The zero-order valence-corrected chi connectivity index (χ0v) is 8.63. The van der Waals surface area contributed by atoms with Crippen molar-refractivity contribution in [3.63, 3.8) is 0 Å². The smallest absolute Gasteiger partial charge is 0.0658 e. The van der Waals surface area contributed by atoms with Crippen molar-refractivity contribution in [2.45, 2.75) is 6.54 Å². The zero-order chi connectivity index (χ0) is 10.5. The molecule has 15 heavy (non-hydrogen) atoms. The predicted octanol–water partition coefficient (Wildman–Crippen LogP) is 1.59. The van der Waals surface area contributed by atoms with Crippen molar-refractivity contribution in [1.29, 1.82) is 0 Å². The van der Waals surface area contributed by atoms with Gasteiger partial charge in [-0.25, -0.2) is 0 Å². The lowest BCUT2D eigenvalue weighted by Gasteiger charge is -1.98. The van der Waals surface area contributed by atoms with Gasteiger partial charge >= 0.3 is 0 Å². The van der Waals surface area contributed by atoms with Gasteiger partial charge in [0.15, 0.2) is 0 Å². The molecule has 0 spiro atoms. The van der Waals surface area contributed by atoms with Crippen LogP contribution in [0.3, 0.4) is 0 Å². The van der Waals surface area contributed by atoms with Crippen LogP contribution in [0.1, 0.15) is 0 Å². The average Bonchev–Trinajstić information content (AvgIpc) is 2.76. The van der Waals surface area contributed by atoms with Crippen molar-refractivity contribution in [3.8, 4) is 11.1 Å². The number of nitrogens with zero attached hydrogens (tertiary/aromatic N) is 3. The molecule has 0 aliphatic rings. The topological polar surface area (TPSA) is 39.9 Å². The Morgan fingerprint density at radius 3 is 2.80 bits per heavy atom. The molecule has 0 saturated heterocycles. The standard InChI is InChI=1S/C11H13N3O/c1-15-7-6-14-9-11(8-13-14)10-2-4-12-5-3-10/h2-5,8-9H,6-7H2,1H3. The Balaban J connectivity index is 2.14. The first-order valence-electron chi connectivity index (χ1n) is 4.82. The van der Waals surface area contributed by atoms with Gasteiger partial charge in [-0.3, -0.25) is 9.67 Å². The van der Waals surface area contributed by atoms with E-state index in [0.29, 0.717) is 6.61 Å². The second kappa shape index (κ2) is 4.70. The van der Waals surface area contributed by atoms with E-state index in [-0.39, 0.29) is 0 Å². The number of hydrogen-bond acceptors (Lipinski definition) is 3. The molecule has 0 bridgehead atoms. The molecule has 0 aromatic carbocycles. The Morgan fingerprint density at radius 2 is 2.07 bits per heavy atom. The minimum absolute atomic E-state index is 0.678. The molecule has 4 nitrogen and oxygen atoms in total. The molecule has 0 fully saturated rings. The van der Waals surface area contributed by atoms with Gasteiger partial charge in [-0.05, 0) is 17.7 Å². The van der Waals surface area contributed by atoms with Crippen LogP contribution < -0.4 is 0 Å². The van der Waals surface area contributed by atoms with Crippen molar-refractivity contribution >= 4 is 0 Å². The summed E-state index contributed by atoms with van der Waals surface area (Å²) in [5.41, 5.74) is 2.24. The Labute approximate surface area is 88.5 Å². The quantitative estimate of drug-likeness (QED) is 0.757. The van der Waals surface area contributed by atoms with Gasteiger partial charge in [0.1, 0.15) is 0 Å². The van der Waals surface area contributed by atoms with Gasteiger partial charge < -0.3 is 4.74 Å². The van der Waals surface area contributed by atoms with E-state index in [1.54, 1.807) is 19.5 Å². The lowest BCUT2D eigenvalue weighted by molar-refractivity contribution is 0.183. The summed E-state index contributed by atoms with van der Waals surface area (Å²) in [6.45, 7) is 1.46. The number of rotatable bonds is 4. The summed E-state index contributed by atoms with van der Waals surface area (Å²) >= 11 is 0. The lowest BCUT2D eigenvalue weighted by Crippen LogP contribution is -2.03. The highest BCUT2D eigenvalue weighted by atomic mass is 16.5. The molecule has 0 aliphatic heterocycles. The maximum absolute atomic E-state index is 4.99.